The van der Waals surface area contributed by atoms with Gasteiger partial charge in [-0.15, -0.1) is 0 Å². The van der Waals surface area contributed by atoms with Crippen LogP contribution in [0, 0.1) is 5.92 Å². The van der Waals surface area contributed by atoms with Gasteiger partial charge in [0.15, 0.2) is 0 Å². The molecule has 1 atom stereocenters. The molecular formula is C6H15NO6S. The summed E-state index contributed by atoms with van der Waals surface area (Å²) in [7, 11) is -4.67. The highest BCUT2D eigenvalue weighted by molar-refractivity contribution is 7.79. The minimum Gasteiger partial charge on any atom is -0.480 e. The first-order valence-corrected chi connectivity index (χ1v) is 5.12. The summed E-state index contributed by atoms with van der Waals surface area (Å²) >= 11 is 0. The van der Waals surface area contributed by atoms with Crippen molar-refractivity contribution >= 4 is 16.4 Å². The molecule has 0 rings (SSSR count). The number of hydrogen-bond acceptors (Lipinski definition) is 4. The van der Waals surface area contributed by atoms with Crippen LogP contribution in [-0.4, -0.2) is 34.6 Å². The third-order valence-corrected chi connectivity index (χ3v) is 1.04. The van der Waals surface area contributed by atoms with Crippen molar-refractivity contribution in [1.29, 1.82) is 0 Å². The van der Waals surface area contributed by atoms with E-state index in [-0.39, 0.29) is 0 Å². The van der Waals surface area contributed by atoms with Crippen LogP contribution in [0.3, 0.4) is 0 Å². The minimum absolute atomic E-state index is 0.357. The van der Waals surface area contributed by atoms with Gasteiger partial charge in [-0.05, 0) is 12.3 Å². The van der Waals surface area contributed by atoms with Crippen LogP contribution in [0.15, 0.2) is 0 Å². The predicted octanol–water partition coefficient (Wildman–Crippen LogP) is -0.208. The number of aliphatic carboxylic acids is 1. The van der Waals surface area contributed by atoms with Crippen molar-refractivity contribution in [2.24, 2.45) is 11.7 Å². The van der Waals surface area contributed by atoms with Crippen LogP contribution in [0.4, 0.5) is 0 Å². The van der Waals surface area contributed by atoms with Gasteiger partial charge >= 0.3 is 16.4 Å². The van der Waals surface area contributed by atoms with Gasteiger partial charge in [-0.1, -0.05) is 13.8 Å². The Bertz CT molecular complexity index is 251. The van der Waals surface area contributed by atoms with Crippen molar-refractivity contribution in [3.05, 3.63) is 0 Å². The Hall–Kier alpha value is -0.700. The smallest absolute Gasteiger partial charge is 0.394 e. The van der Waals surface area contributed by atoms with Crippen molar-refractivity contribution < 1.29 is 27.4 Å². The van der Waals surface area contributed by atoms with E-state index in [1.807, 2.05) is 13.8 Å². The molecule has 0 bridgehead atoms. The normalized spacial score (nSPS) is 13.0. The highest BCUT2D eigenvalue weighted by atomic mass is 32.3. The van der Waals surface area contributed by atoms with Crippen molar-refractivity contribution in [2.45, 2.75) is 26.3 Å². The Kier molecular flexibility index (Phi) is 7.55. The molecule has 0 saturated carbocycles. The van der Waals surface area contributed by atoms with E-state index >= 15 is 0 Å². The van der Waals surface area contributed by atoms with E-state index in [0.29, 0.717) is 12.3 Å². The van der Waals surface area contributed by atoms with E-state index in [4.69, 9.17) is 28.4 Å². The number of carboxylic acid groups (broad SMARTS) is 1. The van der Waals surface area contributed by atoms with Crippen LogP contribution in [-0.2, 0) is 15.2 Å². The fourth-order valence-electron chi connectivity index (χ4n) is 0.609. The summed E-state index contributed by atoms with van der Waals surface area (Å²) in [5, 5.41) is 8.31. The van der Waals surface area contributed by atoms with Crippen molar-refractivity contribution in [1.82, 2.24) is 0 Å². The second-order valence-electron chi connectivity index (χ2n) is 3.02. The van der Waals surface area contributed by atoms with E-state index in [1.165, 1.54) is 0 Å². The summed E-state index contributed by atoms with van der Waals surface area (Å²) in [5.74, 6) is -0.556. The van der Waals surface area contributed by atoms with E-state index in [9.17, 15) is 4.79 Å². The highest BCUT2D eigenvalue weighted by Crippen LogP contribution is 2.01. The van der Waals surface area contributed by atoms with Gasteiger partial charge in [-0.25, -0.2) is 0 Å². The Morgan fingerprint density at radius 3 is 1.71 bits per heavy atom. The minimum atomic E-state index is -4.67. The SMILES string of the molecule is CC(C)CC(N)C(=O)O.O=S(=O)(O)O. The Morgan fingerprint density at radius 2 is 1.64 bits per heavy atom. The van der Waals surface area contributed by atoms with Gasteiger partial charge in [0.05, 0.1) is 0 Å². The molecule has 8 heteroatoms. The van der Waals surface area contributed by atoms with Crippen molar-refractivity contribution in [3.63, 3.8) is 0 Å². The maximum Gasteiger partial charge on any atom is 0.394 e. The molecule has 0 aromatic carbocycles. The molecule has 0 aliphatic rings. The molecule has 86 valence electrons. The van der Waals surface area contributed by atoms with E-state index in [0.717, 1.165) is 0 Å². The first-order valence-electron chi connectivity index (χ1n) is 3.72. The maximum absolute atomic E-state index is 10.1. The molecule has 0 amide bonds. The Labute approximate surface area is 82.5 Å². The monoisotopic (exact) mass is 229 g/mol. The lowest BCUT2D eigenvalue weighted by Gasteiger charge is -2.07. The van der Waals surface area contributed by atoms with Gasteiger partial charge in [-0.3, -0.25) is 13.9 Å². The topological polar surface area (TPSA) is 138 Å². The highest BCUT2D eigenvalue weighted by Gasteiger charge is 2.11. The lowest BCUT2D eigenvalue weighted by Crippen LogP contribution is -2.31. The fourth-order valence-corrected chi connectivity index (χ4v) is 0.609. The van der Waals surface area contributed by atoms with Crippen LogP contribution in [0.2, 0.25) is 0 Å². The summed E-state index contributed by atoms with van der Waals surface area (Å²) < 4.78 is 31.6. The Morgan fingerprint density at radius 1 is 1.36 bits per heavy atom. The summed E-state index contributed by atoms with van der Waals surface area (Å²) in [6.45, 7) is 3.89. The molecule has 1 unspecified atom stereocenters. The molecule has 5 N–H and O–H groups in total. The van der Waals surface area contributed by atoms with Crippen molar-refractivity contribution in [2.75, 3.05) is 0 Å². The molecule has 0 aliphatic heterocycles. The molecule has 0 saturated heterocycles. The zero-order valence-electron chi connectivity index (χ0n) is 7.91. The molecule has 0 spiro atoms. The maximum atomic E-state index is 10.1. The van der Waals surface area contributed by atoms with Gasteiger partial charge in [-0.2, -0.15) is 8.42 Å². The fraction of sp³-hybridized carbons (Fsp3) is 0.833. The zero-order chi connectivity index (χ0) is 11.9. The molecule has 0 aromatic rings. The molecule has 7 nitrogen and oxygen atoms in total. The second kappa shape index (κ2) is 6.71. The zero-order valence-corrected chi connectivity index (χ0v) is 8.73. The Balaban J connectivity index is 0. The van der Waals surface area contributed by atoms with E-state index in [2.05, 4.69) is 0 Å². The van der Waals surface area contributed by atoms with Crippen LogP contribution in [0.5, 0.6) is 0 Å². The summed E-state index contributed by atoms with van der Waals surface area (Å²) in [4.78, 5) is 10.1. The van der Waals surface area contributed by atoms with Gasteiger partial charge in [0.2, 0.25) is 0 Å². The largest absolute Gasteiger partial charge is 0.480 e. The number of carbonyl (C=O) groups is 1. The van der Waals surface area contributed by atoms with Crippen LogP contribution in [0.1, 0.15) is 20.3 Å². The quantitative estimate of drug-likeness (QED) is 0.491. The second-order valence-corrected chi connectivity index (χ2v) is 3.92. The predicted molar refractivity (Wildman–Crippen MR) is 49.2 cm³/mol. The van der Waals surface area contributed by atoms with Gasteiger partial charge in [0.25, 0.3) is 0 Å². The molecule has 0 radical (unpaired) electrons. The first-order chi connectivity index (χ1) is 6.04. The van der Waals surface area contributed by atoms with Crippen LogP contribution < -0.4 is 5.73 Å². The van der Waals surface area contributed by atoms with Crippen LogP contribution in [0.25, 0.3) is 0 Å². The molecule has 0 fully saturated rings. The number of carboxylic acids is 1. The number of nitrogens with two attached hydrogens (primary N) is 1. The lowest BCUT2D eigenvalue weighted by molar-refractivity contribution is -0.138. The van der Waals surface area contributed by atoms with E-state index < -0.39 is 22.4 Å². The van der Waals surface area contributed by atoms with Crippen molar-refractivity contribution in [3.8, 4) is 0 Å². The molecule has 0 aromatic heterocycles. The van der Waals surface area contributed by atoms with E-state index in [1.54, 1.807) is 0 Å². The van der Waals surface area contributed by atoms with Gasteiger partial charge in [0.1, 0.15) is 6.04 Å². The lowest BCUT2D eigenvalue weighted by atomic mass is 10.1. The third-order valence-electron chi connectivity index (χ3n) is 1.04. The number of hydrogen-bond donors (Lipinski definition) is 4. The molecule has 14 heavy (non-hydrogen) atoms. The average molecular weight is 229 g/mol. The average Bonchev–Trinajstić information content (AvgIpc) is 1.80. The third kappa shape index (κ3) is 22.5. The van der Waals surface area contributed by atoms with Crippen LogP contribution >= 0.6 is 0 Å². The standard InChI is InChI=1S/C6H13NO2.H2O4S/c1-4(2)3-5(7)6(8)9;1-5(2,3)4/h4-5H,3,7H2,1-2H3,(H,8,9);(H2,1,2,3,4). The summed E-state index contributed by atoms with van der Waals surface area (Å²) in [6, 6.07) is -0.690. The molecule has 0 heterocycles. The molecule has 0 aliphatic carbocycles. The van der Waals surface area contributed by atoms with Gasteiger partial charge in [0, 0.05) is 0 Å². The number of rotatable bonds is 3. The summed E-state index contributed by atoms with van der Waals surface area (Å²) in [6.07, 6.45) is 0.551. The summed E-state index contributed by atoms with van der Waals surface area (Å²) in [5.41, 5.74) is 5.22. The molecular weight excluding hydrogens is 214 g/mol. The van der Waals surface area contributed by atoms with Gasteiger partial charge < -0.3 is 10.8 Å². The first kappa shape index (κ1) is 15.8.